The molecule has 6 rings (SSSR count). The van der Waals surface area contributed by atoms with E-state index in [1.165, 1.54) is 4.57 Å². The molecule has 2 fully saturated rings. The molecular formula is C23H26F3N9. The van der Waals surface area contributed by atoms with Crippen LogP contribution >= 0.6 is 0 Å². The van der Waals surface area contributed by atoms with Gasteiger partial charge in [0.15, 0.2) is 11.5 Å². The van der Waals surface area contributed by atoms with Crippen LogP contribution in [0, 0.1) is 6.92 Å². The Balaban J connectivity index is 1.29. The lowest BCUT2D eigenvalue weighted by Gasteiger charge is -2.35. The average molecular weight is 486 g/mol. The van der Waals surface area contributed by atoms with Gasteiger partial charge in [0.1, 0.15) is 23.0 Å². The van der Waals surface area contributed by atoms with E-state index in [1.54, 1.807) is 35.8 Å². The Labute approximate surface area is 199 Å². The van der Waals surface area contributed by atoms with Crippen molar-refractivity contribution in [3.05, 3.63) is 30.2 Å². The molecular weight excluding hydrogens is 459 g/mol. The lowest BCUT2D eigenvalue weighted by molar-refractivity contribution is 0.120. The Morgan fingerprint density at radius 3 is 2.71 bits per heavy atom. The van der Waals surface area contributed by atoms with E-state index in [-0.39, 0.29) is 17.8 Å². The van der Waals surface area contributed by atoms with Crippen LogP contribution in [0.4, 0.5) is 24.9 Å². The van der Waals surface area contributed by atoms with Crippen molar-refractivity contribution >= 4 is 28.4 Å². The van der Waals surface area contributed by atoms with Gasteiger partial charge in [-0.1, -0.05) is 0 Å². The van der Waals surface area contributed by atoms with Crippen molar-refractivity contribution in [2.24, 2.45) is 0 Å². The summed E-state index contributed by atoms with van der Waals surface area (Å²) in [4.78, 5) is 15.5. The molecule has 5 heterocycles. The number of nitrogens with one attached hydrogen (secondary N) is 1. The summed E-state index contributed by atoms with van der Waals surface area (Å²) >= 11 is 0. The zero-order valence-corrected chi connectivity index (χ0v) is 19.2. The molecule has 4 aromatic heterocycles. The maximum absolute atomic E-state index is 14.8. The summed E-state index contributed by atoms with van der Waals surface area (Å²) in [7, 11) is 0. The second-order valence-corrected chi connectivity index (χ2v) is 9.32. The Morgan fingerprint density at radius 1 is 1.14 bits per heavy atom. The van der Waals surface area contributed by atoms with Crippen molar-refractivity contribution in [3.63, 3.8) is 0 Å². The van der Waals surface area contributed by atoms with Gasteiger partial charge < -0.3 is 15.6 Å². The van der Waals surface area contributed by atoms with Gasteiger partial charge in [-0.15, -0.1) is 5.10 Å². The Kier molecular flexibility index (Phi) is 5.28. The van der Waals surface area contributed by atoms with Gasteiger partial charge in [0.05, 0.1) is 18.3 Å². The average Bonchev–Trinajstić information content (AvgIpc) is 3.51. The number of likely N-dealkylation sites (tertiary alicyclic amines) is 1. The molecule has 0 bridgehead atoms. The zero-order chi connectivity index (χ0) is 24.3. The molecule has 0 radical (unpaired) electrons. The number of halogens is 3. The number of aryl methyl sites for hydroxylation is 1. The van der Waals surface area contributed by atoms with Crippen LogP contribution in [0.15, 0.2) is 24.4 Å². The number of nitrogen functional groups attached to an aromatic ring is 1. The molecule has 184 valence electrons. The fourth-order valence-electron chi connectivity index (χ4n) is 4.97. The third-order valence-corrected chi connectivity index (χ3v) is 6.87. The van der Waals surface area contributed by atoms with Gasteiger partial charge in [-0.3, -0.25) is 4.90 Å². The number of hydrogen-bond acceptors (Lipinski definition) is 7. The molecule has 3 N–H and O–H groups in total. The van der Waals surface area contributed by atoms with Crippen LogP contribution in [-0.4, -0.2) is 71.8 Å². The Morgan fingerprint density at radius 2 is 1.97 bits per heavy atom. The quantitative estimate of drug-likeness (QED) is 0.432. The fourth-order valence-corrected chi connectivity index (χ4v) is 4.97. The molecule has 0 spiro atoms. The van der Waals surface area contributed by atoms with Crippen molar-refractivity contribution in [1.29, 1.82) is 0 Å². The van der Waals surface area contributed by atoms with Gasteiger partial charge in [0.2, 0.25) is 5.95 Å². The summed E-state index contributed by atoms with van der Waals surface area (Å²) in [5.41, 5.74) is 8.98. The minimum Gasteiger partial charge on any atom is -0.382 e. The highest BCUT2D eigenvalue weighted by atomic mass is 19.3. The summed E-state index contributed by atoms with van der Waals surface area (Å²) in [6.07, 6.45) is 1.18. The molecule has 1 aliphatic carbocycles. The summed E-state index contributed by atoms with van der Waals surface area (Å²) in [5, 5.41) is 7.61. The van der Waals surface area contributed by atoms with Crippen LogP contribution in [0.3, 0.4) is 0 Å². The molecule has 12 heteroatoms. The van der Waals surface area contributed by atoms with Crippen LogP contribution < -0.4 is 11.1 Å². The van der Waals surface area contributed by atoms with Gasteiger partial charge >= 0.3 is 0 Å². The minimum absolute atomic E-state index is 0.215. The molecule has 0 aromatic carbocycles. The number of imidazole rings is 1. The number of alkyl halides is 3. The molecule has 1 aliphatic heterocycles. The number of anilines is 2. The van der Waals surface area contributed by atoms with Gasteiger partial charge in [0.25, 0.3) is 6.43 Å². The first-order valence-corrected chi connectivity index (χ1v) is 11.8. The first kappa shape index (κ1) is 22.1. The number of piperidine rings is 1. The Hall–Kier alpha value is -3.41. The molecule has 1 saturated carbocycles. The van der Waals surface area contributed by atoms with Gasteiger partial charge in [-0.2, -0.15) is 4.98 Å². The fraction of sp³-hybridized carbons (Fsp3) is 0.478. The van der Waals surface area contributed by atoms with Crippen molar-refractivity contribution in [3.8, 4) is 11.3 Å². The van der Waals surface area contributed by atoms with Crippen molar-refractivity contribution < 1.29 is 13.2 Å². The molecule has 1 saturated heterocycles. The number of hydrogen-bond donors (Lipinski definition) is 2. The van der Waals surface area contributed by atoms with E-state index in [0.29, 0.717) is 52.8 Å². The lowest BCUT2D eigenvalue weighted by atomic mass is 10.0. The van der Waals surface area contributed by atoms with E-state index >= 15 is 0 Å². The highest BCUT2D eigenvalue weighted by Crippen LogP contribution is 2.32. The lowest BCUT2D eigenvalue weighted by Crippen LogP contribution is -2.48. The summed E-state index contributed by atoms with van der Waals surface area (Å²) in [6.45, 7) is 2.47. The largest absolute Gasteiger partial charge is 0.382 e. The van der Waals surface area contributed by atoms with Crippen LogP contribution in [-0.2, 0) is 6.54 Å². The normalized spacial score (nSPS) is 21.4. The second-order valence-electron chi connectivity index (χ2n) is 9.32. The maximum atomic E-state index is 14.8. The molecule has 0 unspecified atom stereocenters. The second kappa shape index (κ2) is 8.36. The summed E-state index contributed by atoms with van der Waals surface area (Å²) < 4.78 is 44.0. The first-order valence-electron chi connectivity index (χ1n) is 11.8. The molecule has 4 aromatic rings. The summed E-state index contributed by atoms with van der Waals surface area (Å²) in [5.74, 6) is 0.950. The maximum Gasteiger partial charge on any atom is 0.256 e. The topological polar surface area (TPSA) is 102 Å². The van der Waals surface area contributed by atoms with Gasteiger partial charge in [-0.25, -0.2) is 27.7 Å². The third kappa shape index (κ3) is 4.05. The standard InChI is InChI=1S/C23H26F3N9/c1-12-28-18-5-4-16(29-22(18)34(12)11-19(25)26)14-6-9-35-20(14)21(27)31-23(32-35)30-17-7-8-33(10-15(17)24)13-2-3-13/h4-6,9,13,15,17,19H,2-3,7-8,10-11H2,1H3,(H3,27,30,31,32)/t15-,17+/m1/s1. The van der Waals surface area contributed by atoms with E-state index in [1.807, 2.05) is 0 Å². The Bertz CT molecular complexity index is 1390. The molecule has 0 amide bonds. The number of rotatable bonds is 6. The number of aromatic nitrogens is 6. The highest BCUT2D eigenvalue weighted by molar-refractivity contribution is 5.88. The molecule has 2 aliphatic rings. The van der Waals surface area contributed by atoms with E-state index in [9.17, 15) is 13.2 Å². The SMILES string of the molecule is Cc1nc2ccc(-c3ccn4nc(N[C@H]5CCN(C6CC6)C[C@H]5F)nc(N)c34)nc2n1CC(F)F. The van der Waals surface area contributed by atoms with E-state index in [2.05, 4.69) is 30.3 Å². The van der Waals surface area contributed by atoms with Crippen LogP contribution in [0.1, 0.15) is 25.1 Å². The van der Waals surface area contributed by atoms with Crippen LogP contribution in [0.25, 0.3) is 27.9 Å². The minimum atomic E-state index is -2.52. The molecule has 35 heavy (non-hydrogen) atoms. The van der Waals surface area contributed by atoms with E-state index < -0.39 is 19.1 Å². The molecule has 2 atom stereocenters. The van der Waals surface area contributed by atoms with Crippen LogP contribution in [0.5, 0.6) is 0 Å². The predicted octanol–water partition coefficient (Wildman–Crippen LogP) is 3.28. The number of nitrogens with two attached hydrogens (primary N) is 1. The predicted molar refractivity (Wildman–Crippen MR) is 126 cm³/mol. The zero-order valence-electron chi connectivity index (χ0n) is 19.2. The van der Waals surface area contributed by atoms with Gasteiger partial charge in [0, 0.05) is 30.9 Å². The first-order chi connectivity index (χ1) is 16.9. The summed E-state index contributed by atoms with van der Waals surface area (Å²) in [6, 6.07) is 5.48. The van der Waals surface area contributed by atoms with Crippen LogP contribution in [0.2, 0.25) is 0 Å². The van der Waals surface area contributed by atoms with E-state index in [0.717, 1.165) is 19.4 Å². The van der Waals surface area contributed by atoms with Crippen molar-refractivity contribution in [1.82, 2.24) is 34.0 Å². The monoisotopic (exact) mass is 485 g/mol. The number of nitrogens with zero attached hydrogens (tertiary/aromatic N) is 7. The van der Waals surface area contributed by atoms with Gasteiger partial charge in [-0.05, 0) is 44.4 Å². The van der Waals surface area contributed by atoms with Crippen molar-refractivity contribution in [2.45, 2.75) is 57.4 Å². The van der Waals surface area contributed by atoms with E-state index in [4.69, 9.17) is 5.73 Å². The smallest absolute Gasteiger partial charge is 0.256 e. The molecule has 9 nitrogen and oxygen atoms in total. The van der Waals surface area contributed by atoms with Crippen molar-refractivity contribution in [2.75, 3.05) is 24.1 Å². The number of pyridine rings is 1. The third-order valence-electron chi connectivity index (χ3n) is 6.87. The highest BCUT2D eigenvalue weighted by Gasteiger charge is 2.37. The number of fused-ring (bicyclic) bond motifs is 2.